The van der Waals surface area contributed by atoms with Gasteiger partial charge < -0.3 is 28.8 Å². The van der Waals surface area contributed by atoms with Gasteiger partial charge in [-0.3, -0.25) is 4.79 Å². The molecule has 0 fully saturated rings. The fourth-order valence-corrected chi connectivity index (χ4v) is 2.64. The fourth-order valence-electron chi connectivity index (χ4n) is 2.64. The second-order valence-corrected chi connectivity index (χ2v) is 6.23. The van der Waals surface area contributed by atoms with Gasteiger partial charge in [-0.2, -0.15) is 4.98 Å². The van der Waals surface area contributed by atoms with Crippen LogP contribution in [0.5, 0.6) is 23.0 Å². The number of hydrogen-bond donors (Lipinski definition) is 1. The first-order chi connectivity index (χ1) is 14.5. The first-order valence-electron chi connectivity index (χ1n) is 9.17. The lowest BCUT2D eigenvalue weighted by molar-refractivity contribution is -0.127. The zero-order valence-corrected chi connectivity index (χ0v) is 17.2. The molecule has 1 N–H and O–H groups in total. The van der Waals surface area contributed by atoms with E-state index in [0.29, 0.717) is 34.4 Å². The predicted octanol–water partition coefficient (Wildman–Crippen LogP) is 2.85. The lowest BCUT2D eigenvalue weighted by Gasteiger charge is -2.14. The van der Waals surface area contributed by atoms with Crippen molar-refractivity contribution < 1.29 is 28.3 Å². The summed E-state index contributed by atoms with van der Waals surface area (Å²) in [5.41, 5.74) is 0.649. The highest BCUT2D eigenvalue weighted by molar-refractivity contribution is 5.80. The van der Waals surface area contributed by atoms with Crippen LogP contribution in [-0.4, -0.2) is 43.5 Å². The average molecular weight is 413 g/mol. The molecular weight excluding hydrogens is 390 g/mol. The molecule has 1 aromatic heterocycles. The number of hydrogen-bond acceptors (Lipinski definition) is 8. The van der Waals surface area contributed by atoms with E-state index >= 15 is 0 Å². The summed E-state index contributed by atoms with van der Waals surface area (Å²) in [5.74, 6) is 2.76. The number of carbonyl (C=O) groups excluding carboxylic acids is 1. The van der Waals surface area contributed by atoms with Gasteiger partial charge in [0.25, 0.3) is 5.91 Å². The summed E-state index contributed by atoms with van der Waals surface area (Å²) >= 11 is 0. The maximum absolute atomic E-state index is 12.3. The van der Waals surface area contributed by atoms with Crippen LogP contribution in [0.2, 0.25) is 0 Å². The van der Waals surface area contributed by atoms with Gasteiger partial charge in [0.15, 0.2) is 6.10 Å². The molecule has 0 unspecified atom stereocenters. The van der Waals surface area contributed by atoms with E-state index in [9.17, 15) is 4.79 Å². The summed E-state index contributed by atoms with van der Waals surface area (Å²) in [6.07, 6.45) is -0.706. The Morgan fingerprint density at radius 3 is 2.33 bits per heavy atom. The molecule has 0 saturated carbocycles. The van der Waals surface area contributed by atoms with Gasteiger partial charge in [0.05, 0.1) is 33.4 Å². The van der Waals surface area contributed by atoms with E-state index in [1.54, 1.807) is 70.7 Å². The number of carbonyl (C=O) groups is 1. The SMILES string of the molecule is COc1ccc(O[C@H](C)C(=O)NCc2nc(-c3ccc(OC)cc3OC)no2)cc1. The summed E-state index contributed by atoms with van der Waals surface area (Å²) in [6, 6.07) is 12.2. The summed E-state index contributed by atoms with van der Waals surface area (Å²) in [6.45, 7) is 1.72. The molecule has 30 heavy (non-hydrogen) atoms. The van der Waals surface area contributed by atoms with Gasteiger partial charge in [-0.15, -0.1) is 0 Å². The van der Waals surface area contributed by atoms with Gasteiger partial charge in [0.2, 0.25) is 11.7 Å². The third kappa shape index (κ3) is 4.99. The maximum atomic E-state index is 12.3. The molecule has 0 aliphatic rings. The topological polar surface area (TPSA) is 105 Å². The minimum Gasteiger partial charge on any atom is -0.497 e. The lowest BCUT2D eigenvalue weighted by Crippen LogP contribution is -2.35. The molecule has 3 rings (SSSR count). The van der Waals surface area contributed by atoms with E-state index in [2.05, 4.69) is 15.5 Å². The van der Waals surface area contributed by atoms with Gasteiger partial charge >= 0.3 is 0 Å². The molecule has 0 aliphatic carbocycles. The molecule has 1 heterocycles. The Balaban J connectivity index is 1.58. The van der Waals surface area contributed by atoms with Crippen molar-refractivity contribution in [1.29, 1.82) is 0 Å². The van der Waals surface area contributed by atoms with Crippen molar-refractivity contribution in [2.45, 2.75) is 19.6 Å². The van der Waals surface area contributed by atoms with E-state index in [1.807, 2.05) is 0 Å². The fraction of sp³-hybridized carbons (Fsp3) is 0.286. The number of aromatic nitrogens is 2. The first-order valence-corrected chi connectivity index (χ1v) is 9.17. The number of benzene rings is 2. The van der Waals surface area contributed by atoms with E-state index < -0.39 is 6.10 Å². The van der Waals surface area contributed by atoms with Crippen LogP contribution in [0.25, 0.3) is 11.4 Å². The number of nitrogens with zero attached hydrogens (tertiary/aromatic N) is 2. The Hall–Kier alpha value is -3.75. The summed E-state index contributed by atoms with van der Waals surface area (Å²) in [5, 5.41) is 6.67. The zero-order valence-electron chi connectivity index (χ0n) is 17.2. The third-order valence-electron chi connectivity index (χ3n) is 4.27. The number of ether oxygens (including phenoxy) is 4. The average Bonchev–Trinajstić information content (AvgIpc) is 3.26. The molecule has 0 spiro atoms. The Morgan fingerprint density at radius 2 is 1.67 bits per heavy atom. The van der Waals surface area contributed by atoms with Gasteiger partial charge in [-0.05, 0) is 43.3 Å². The van der Waals surface area contributed by atoms with E-state index in [1.165, 1.54) is 0 Å². The van der Waals surface area contributed by atoms with Crippen molar-refractivity contribution in [1.82, 2.24) is 15.5 Å². The summed E-state index contributed by atoms with van der Waals surface area (Å²) in [7, 11) is 4.70. The highest BCUT2D eigenvalue weighted by Gasteiger charge is 2.18. The van der Waals surface area contributed by atoms with Crippen LogP contribution < -0.4 is 24.3 Å². The summed E-state index contributed by atoms with van der Waals surface area (Å²) < 4.78 is 26.5. The van der Waals surface area contributed by atoms with Crippen LogP contribution in [0.3, 0.4) is 0 Å². The van der Waals surface area contributed by atoms with E-state index in [4.69, 9.17) is 23.5 Å². The minimum atomic E-state index is -0.706. The van der Waals surface area contributed by atoms with Crippen LogP contribution in [-0.2, 0) is 11.3 Å². The third-order valence-corrected chi connectivity index (χ3v) is 4.27. The minimum absolute atomic E-state index is 0.0701. The van der Waals surface area contributed by atoms with Crippen LogP contribution in [0, 0.1) is 0 Å². The molecule has 0 saturated heterocycles. The molecule has 0 bridgehead atoms. The Labute approximate surface area is 173 Å². The highest BCUT2D eigenvalue weighted by Crippen LogP contribution is 2.31. The van der Waals surface area contributed by atoms with Crippen molar-refractivity contribution in [2.75, 3.05) is 21.3 Å². The van der Waals surface area contributed by atoms with Crippen molar-refractivity contribution in [3.8, 4) is 34.4 Å². The van der Waals surface area contributed by atoms with Crippen molar-refractivity contribution >= 4 is 5.91 Å². The number of methoxy groups -OCH3 is 3. The molecule has 1 atom stereocenters. The van der Waals surface area contributed by atoms with Gasteiger partial charge in [0.1, 0.15) is 23.0 Å². The molecule has 0 radical (unpaired) electrons. The largest absolute Gasteiger partial charge is 0.497 e. The van der Waals surface area contributed by atoms with Crippen molar-refractivity contribution in [3.63, 3.8) is 0 Å². The zero-order chi connectivity index (χ0) is 21.5. The number of rotatable bonds is 9. The van der Waals surface area contributed by atoms with Crippen LogP contribution in [0.15, 0.2) is 47.0 Å². The molecule has 158 valence electrons. The standard InChI is InChI=1S/C21H23N3O6/c1-13(29-15-7-5-14(26-2)6-8-15)21(25)22-12-19-23-20(24-30-19)17-10-9-16(27-3)11-18(17)28-4/h5-11,13H,12H2,1-4H3,(H,22,25)/t13-/m1/s1. The van der Waals surface area contributed by atoms with Crippen LogP contribution in [0.4, 0.5) is 0 Å². The van der Waals surface area contributed by atoms with Crippen LogP contribution in [0.1, 0.15) is 12.8 Å². The normalized spacial score (nSPS) is 11.5. The summed E-state index contributed by atoms with van der Waals surface area (Å²) in [4.78, 5) is 16.6. The lowest BCUT2D eigenvalue weighted by atomic mass is 10.2. The van der Waals surface area contributed by atoms with Crippen molar-refractivity contribution in [2.24, 2.45) is 0 Å². The second kappa shape index (κ2) is 9.64. The van der Waals surface area contributed by atoms with Gasteiger partial charge in [0, 0.05) is 6.07 Å². The maximum Gasteiger partial charge on any atom is 0.261 e. The smallest absolute Gasteiger partial charge is 0.261 e. The molecule has 3 aromatic rings. The van der Waals surface area contributed by atoms with Gasteiger partial charge in [-0.1, -0.05) is 5.16 Å². The van der Waals surface area contributed by atoms with Gasteiger partial charge in [-0.25, -0.2) is 0 Å². The molecule has 2 aromatic carbocycles. The molecule has 1 amide bonds. The molecule has 0 aliphatic heterocycles. The van der Waals surface area contributed by atoms with Crippen LogP contribution >= 0.6 is 0 Å². The predicted molar refractivity (Wildman–Crippen MR) is 108 cm³/mol. The highest BCUT2D eigenvalue weighted by atomic mass is 16.5. The Bertz CT molecular complexity index is 987. The quantitative estimate of drug-likeness (QED) is 0.571. The molecular formula is C21H23N3O6. The monoisotopic (exact) mass is 413 g/mol. The van der Waals surface area contributed by atoms with Crippen molar-refractivity contribution in [3.05, 3.63) is 48.4 Å². The van der Waals surface area contributed by atoms with E-state index in [0.717, 1.165) is 0 Å². The number of nitrogens with one attached hydrogen (secondary N) is 1. The molecule has 9 nitrogen and oxygen atoms in total. The Kier molecular flexibility index (Phi) is 6.74. The van der Waals surface area contributed by atoms with E-state index in [-0.39, 0.29) is 18.3 Å². The molecule has 9 heteroatoms. The number of amides is 1. The Morgan fingerprint density at radius 1 is 1.00 bits per heavy atom. The second-order valence-electron chi connectivity index (χ2n) is 6.23. The first kappa shape index (κ1) is 21.0.